The van der Waals surface area contributed by atoms with E-state index >= 15 is 0 Å². The van der Waals surface area contributed by atoms with Crippen molar-refractivity contribution >= 4 is 11.5 Å². The van der Waals surface area contributed by atoms with Gasteiger partial charge in [0.05, 0.1) is 11.3 Å². The van der Waals surface area contributed by atoms with E-state index in [-0.39, 0.29) is 24.1 Å². The van der Waals surface area contributed by atoms with E-state index in [1.54, 1.807) is 6.08 Å². The Kier molecular flexibility index (Phi) is 6.18. The number of allylic oxidation sites excluding steroid dienone is 2. The molecule has 0 spiro atoms. The number of nitrogens with zero attached hydrogens (tertiary/aromatic N) is 1. The summed E-state index contributed by atoms with van der Waals surface area (Å²) in [6, 6.07) is 4.26. The highest BCUT2D eigenvalue weighted by Crippen LogP contribution is 2.37. The van der Waals surface area contributed by atoms with Gasteiger partial charge in [-0.2, -0.15) is 0 Å². The number of carbonyl (C=O) groups excluding carboxylic acids is 1. The lowest BCUT2D eigenvalue weighted by Crippen LogP contribution is -2.24. The predicted octanol–water partition coefficient (Wildman–Crippen LogP) is 4.84. The van der Waals surface area contributed by atoms with E-state index in [0.717, 1.165) is 0 Å². The first-order valence-corrected chi connectivity index (χ1v) is 8.72. The molecule has 0 saturated heterocycles. The summed E-state index contributed by atoms with van der Waals surface area (Å²) in [6.07, 6.45) is 2.94. The molecule has 0 saturated carbocycles. The molecule has 1 aromatic rings. The summed E-state index contributed by atoms with van der Waals surface area (Å²) in [4.78, 5) is 17.9. The second-order valence-electron chi connectivity index (χ2n) is 6.64. The topological polar surface area (TPSA) is 58.9 Å². The van der Waals surface area contributed by atoms with E-state index in [1.807, 2.05) is 6.92 Å². The number of hydrogen-bond acceptors (Lipinski definition) is 4. The summed E-state index contributed by atoms with van der Waals surface area (Å²) >= 11 is 0. The van der Waals surface area contributed by atoms with Crippen LogP contribution in [0, 0.1) is 20.8 Å². The van der Waals surface area contributed by atoms with Gasteiger partial charge in [0.1, 0.15) is 12.4 Å². The van der Waals surface area contributed by atoms with E-state index in [9.17, 15) is 9.90 Å². The van der Waals surface area contributed by atoms with Gasteiger partial charge in [0.2, 0.25) is 0 Å². The zero-order valence-corrected chi connectivity index (χ0v) is 15.6. The minimum Gasteiger partial charge on any atom is -0.511 e. The zero-order valence-electron chi connectivity index (χ0n) is 15.6. The van der Waals surface area contributed by atoms with Crippen LogP contribution in [0.1, 0.15) is 54.4 Å². The number of aryl methyl sites for hydroxylation is 3. The third-order valence-electron chi connectivity index (χ3n) is 4.58. The Morgan fingerprint density at radius 3 is 2.48 bits per heavy atom. The van der Waals surface area contributed by atoms with E-state index in [4.69, 9.17) is 4.84 Å². The minimum atomic E-state index is -0.0732. The molecule has 1 N–H and O–H groups in total. The zero-order chi connectivity index (χ0) is 18.6. The highest BCUT2D eigenvalue weighted by atomic mass is 16.6. The van der Waals surface area contributed by atoms with Crippen molar-refractivity contribution in [1.82, 2.24) is 0 Å². The number of hydrogen-bond donors (Lipinski definition) is 1. The van der Waals surface area contributed by atoms with Gasteiger partial charge >= 0.3 is 0 Å². The second kappa shape index (κ2) is 8.15. The molecule has 1 aromatic carbocycles. The Morgan fingerprint density at radius 2 is 1.96 bits per heavy atom. The van der Waals surface area contributed by atoms with Crippen molar-refractivity contribution < 1.29 is 14.7 Å². The van der Waals surface area contributed by atoms with Gasteiger partial charge in [-0.25, -0.2) is 0 Å². The maximum absolute atomic E-state index is 12.7. The molecule has 134 valence electrons. The number of ketones is 1. The van der Waals surface area contributed by atoms with Gasteiger partial charge < -0.3 is 9.94 Å². The molecular weight excluding hydrogens is 314 g/mol. The highest BCUT2D eigenvalue weighted by molar-refractivity contribution is 6.23. The molecule has 4 nitrogen and oxygen atoms in total. The molecule has 0 radical (unpaired) electrons. The van der Waals surface area contributed by atoms with Crippen LogP contribution in [-0.4, -0.2) is 23.2 Å². The molecule has 4 heteroatoms. The molecule has 1 aliphatic carbocycles. The summed E-state index contributed by atoms with van der Waals surface area (Å²) in [7, 11) is 0. The van der Waals surface area contributed by atoms with E-state index in [0.29, 0.717) is 30.5 Å². The SMILES string of the molecule is C=CCO/N=C(/CC)C1=C(O)CC(c2c(C)cc(C)cc2C)CC1=O. The molecule has 25 heavy (non-hydrogen) atoms. The molecule has 0 aromatic heterocycles. The summed E-state index contributed by atoms with van der Waals surface area (Å²) in [5.41, 5.74) is 5.55. The van der Waals surface area contributed by atoms with Crippen LogP contribution < -0.4 is 0 Å². The van der Waals surface area contributed by atoms with Gasteiger partial charge in [-0.15, -0.1) is 0 Å². The summed E-state index contributed by atoms with van der Waals surface area (Å²) in [5.74, 6) is 0.0448. The summed E-state index contributed by atoms with van der Waals surface area (Å²) in [5, 5.41) is 14.6. The summed E-state index contributed by atoms with van der Waals surface area (Å²) in [6.45, 7) is 11.9. The van der Waals surface area contributed by atoms with Gasteiger partial charge in [-0.3, -0.25) is 4.79 Å². The van der Waals surface area contributed by atoms with Crippen molar-refractivity contribution in [2.75, 3.05) is 6.61 Å². The third kappa shape index (κ3) is 4.19. The lowest BCUT2D eigenvalue weighted by Gasteiger charge is -2.27. The van der Waals surface area contributed by atoms with Crippen LogP contribution in [0.15, 0.2) is 41.3 Å². The van der Waals surface area contributed by atoms with Crippen molar-refractivity contribution in [2.24, 2.45) is 5.16 Å². The molecule has 0 amide bonds. The Bertz CT molecular complexity index is 721. The van der Waals surface area contributed by atoms with Crippen molar-refractivity contribution in [3.63, 3.8) is 0 Å². The second-order valence-corrected chi connectivity index (χ2v) is 6.64. The highest BCUT2D eigenvalue weighted by Gasteiger charge is 2.32. The van der Waals surface area contributed by atoms with Crippen molar-refractivity contribution in [3.05, 3.63) is 58.4 Å². The monoisotopic (exact) mass is 341 g/mol. The summed E-state index contributed by atoms with van der Waals surface area (Å²) < 4.78 is 0. The minimum absolute atomic E-state index is 0.00375. The van der Waals surface area contributed by atoms with E-state index < -0.39 is 0 Å². The lowest BCUT2D eigenvalue weighted by atomic mass is 9.78. The van der Waals surface area contributed by atoms with Gasteiger partial charge in [0, 0.05) is 12.8 Å². The number of Topliss-reactive ketones (excluding diaryl/α,β-unsaturated/α-hetero) is 1. The van der Waals surface area contributed by atoms with Gasteiger partial charge in [0.25, 0.3) is 0 Å². The quantitative estimate of drug-likeness (QED) is 0.349. The fourth-order valence-corrected chi connectivity index (χ4v) is 3.72. The molecular formula is C21H27NO3. The molecule has 0 heterocycles. The van der Waals surface area contributed by atoms with Crippen LogP contribution in [-0.2, 0) is 9.63 Å². The molecule has 0 aliphatic heterocycles. The van der Waals surface area contributed by atoms with Crippen LogP contribution in [0.3, 0.4) is 0 Å². The van der Waals surface area contributed by atoms with E-state index in [2.05, 4.69) is 44.6 Å². The first-order chi connectivity index (χ1) is 11.9. The smallest absolute Gasteiger partial charge is 0.168 e. The predicted molar refractivity (Wildman–Crippen MR) is 101 cm³/mol. The Morgan fingerprint density at radius 1 is 1.32 bits per heavy atom. The number of aliphatic hydroxyl groups is 1. The molecule has 0 fully saturated rings. The average molecular weight is 341 g/mol. The van der Waals surface area contributed by atoms with Crippen LogP contribution in [0.2, 0.25) is 0 Å². The number of rotatable bonds is 6. The number of oxime groups is 1. The first kappa shape index (κ1) is 19.0. The van der Waals surface area contributed by atoms with Crippen LogP contribution in [0.4, 0.5) is 0 Å². The molecule has 1 unspecified atom stereocenters. The largest absolute Gasteiger partial charge is 0.511 e. The fraction of sp³-hybridized carbons (Fsp3) is 0.429. The van der Waals surface area contributed by atoms with Crippen molar-refractivity contribution in [3.8, 4) is 0 Å². The van der Waals surface area contributed by atoms with Crippen LogP contribution in [0.5, 0.6) is 0 Å². The number of carbonyl (C=O) groups is 1. The lowest BCUT2D eigenvalue weighted by molar-refractivity contribution is -0.116. The fourth-order valence-electron chi connectivity index (χ4n) is 3.72. The Labute approximate surface area is 149 Å². The molecule has 0 bridgehead atoms. The van der Waals surface area contributed by atoms with Crippen LogP contribution in [0.25, 0.3) is 0 Å². The first-order valence-electron chi connectivity index (χ1n) is 8.72. The maximum Gasteiger partial charge on any atom is 0.168 e. The van der Waals surface area contributed by atoms with Crippen molar-refractivity contribution in [1.29, 1.82) is 0 Å². The molecule has 1 atom stereocenters. The van der Waals surface area contributed by atoms with E-state index in [1.165, 1.54) is 22.3 Å². The van der Waals surface area contributed by atoms with Gasteiger partial charge in [-0.1, -0.05) is 42.4 Å². The Balaban J connectivity index is 2.35. The normalized spacial score (nSPS) is 18.5. The standard InChI is InChI=1S/C21H27NO3/c1-6-8-25-22-17(7-2)21-18(23)11-16(12-19(21)24)20-14(4)9-13(3)10-15(20)5/h6,9-10,16,23H,1,7-8,11-12H2,2-5H3/b22-17-. The Hall–Kier alpha value is -2.36. The molecule has 1 aliphatic rings. The number of aliphatic hydroxyl groups excluding tert-OH is 1. The molecule has 2 rings (SSSR count). The van der Waals surface area contributed by atoms with Crippen LogP contribution >= 0.6 is 0 Å². The average Bonchev–Trinajstić information content (AvgIpc) is 2.51. The number of benzene rings is 1. The van der Waals surface area contributed by atoms with Crippen molar-refractivity contribution in [2.45, 2.75) is 52.9 Å². The maximum atomic E-state index is 12.7. The van der Waals surface area contributed by atoms with Gasteiger partial charge in [0.15, 0.2) is 5.78 Å². The van der Waals surface area contributed by atoms with Gasteiger partial charge in [-0.05, 0) is 49.8 Å². The third-order valence-corrected chi connectivity index (χ3v) is 4.58.